The van der Waals surface area contributed by atoms with Crippen molar-refractivity contribution in [3.05, 3.63) is 54.0 Å². The molecule has 23 heavy (non-hydrogen) atoms. The number of rotatable bonds is 4. The number of carbonyl (C=O) groups excluding carboxylic acids is 1. The number of benzene rings is 1. The first-order chi connectivity index (χ1) is 10.8. The molecule has 0 aliphatic rings. The van der Waals surface area contributed by atoms with E-state index in [0.717, 1.165) is 11.6 Å². The third kappa shape index (κ3) is 5.58. The summed E-state index contributed by atoms with van der Waals surface area (Å²) in [6, 6.07) is 10.5. The summed E-state index contributed by atoms with van der Waals surface area (Å²) in [5, 5.41) is 2.42. The number of carbonyl (C=O) groups is 1. The van der Waals surface area contributed by atoms with Gasteiger partial charge in [0.25, 0.3) is 5.88 Å². The topological polar surface area (TPSA) is 60.5 Å². The van der Waals surface area contributed by atoms with Crippen molar-refractivity contribution in [1.29, 1.82) is 0 Å². The lowest BCUT2D eigenvalue weighted by molar-refractivity contribution is 0.0636. The van der Waals surface area contributed by atoms with Gasteiger partial charge in [0, 0.05) is 6.07 Å². The lowest BCUT2D eigenvalue weighted by Crippen LogP contribution is -2.27. The second-order valence-electron chi connectivity index (χ2n) is 5.91. The van der Waals surface area contributed by atoms with Gasteiger partial charge in [-0.2, -0.15) is 0 Å². The van der Waals surface area contributed by atoms with Gasteiger partial charge < -0.3 is 9.47 Å². The molecule has 2 rings (SSSR count). The third-order valence-electron chi connectivity index (χ3n) is 2.67. The highest BCUT2D eigenvalue weighted by Crippen LogP contribution is 2.19. The molecule has 0 radical (unpaired) electrons. The molecular weight excluding hydrogens is 299 g/mol. The fraction of sp³-hybridized carbons (Fsp3) is 0.294. The zero-order chi connectivity index (χ0) is 16.9. The normalized spacial score (nSPS) is 11.0. The predicted octanol–water partition coefficient (Wildman–Crippen LogP) is 4.15. The van der Waals surface area contributed by atoms with Gasteiger partial charge in [-0.15, -0.1) is 0 Å². The molecule has 0 spiro atoms. The Bertz CT molecular complexity index is 669. The highest BCUT2D eigenvalue weighted by Gasteiger charge is 2.17. The zero-order valence-electron chi connectivity index (χ0n) is 13.3. The minimum atomic E-state index is -0.670. The van der Waals surface area contributed by atoms with E-state index in [1.165, 1.54) is 6.20 Å². The van der Waals surface area contributed by atoms with Crippen molar-refractivity contribution in [3.63, 3.8) is 0 Å². The Morgan fingerprint density at radius 2 is 1.96 bits per heavy atom. The highest BCUT2D eigenvalue weighted by molar-refractivity contribution is 5.84. The zero-order valence-corrected chi connectivity index (χ0v) is 13.3. The van der Waals surface area contributed by atoms with Crippen molar-refractivity contribution in [2.75, 3.05) is 5.32 Å². The standard InChI is InChI=1S/C17H19FN2O3/c1-17(2,3)23-16(21)20-13-9-14(18)15(19-10-13)22-11-12-7-5-4-6-8-12/h4-10H,11H2,1-3H3,(H,20,21). The number of nitrogens with one attached hydrogen (secondary N) is 1. The van der Waals surface area contributed by atoms with Crippen molar-refractivity contribution < 1.29 is 18.7 Å². The Morgan fingerprint density at radius 1 is 1.26 bits per heavy atom. The van der Waals surface area contributed by atoms with Gasteiger partial charge in [0.15, 0.2) is 5.82 Å². The summed E-state index contributed by atoms with van der Waals surface area (Å²) in [7, 11) is 0. The van der Waals surface area contributed by atoms with E-state index in [1.54, 1.807) is 20.8 Å². The van der Waals surface area contributed by atoms with Crippen molar-refractivity contribution in [2.45, 2.75) is 33.0 Å². The van der Waals surface area contributed by atoms with Crippen LogP contribution >= 0.6 is 0 Å². The monoisotopic (exact) mass is 318 g/mol. The molecule has 0 fully saturated rings. The molecule has 2 aromatic rings. The fourth-order valence-corrected chi connectivity index (χ4v) is 1.75. The summed E-state index contributed by atoms with van der Waals surface area (Å²) < 4.78 is 24.4. The molecule has 0 bridgehead atoms. The van der Waals surface area contributed by atoms with E-state index in [4.69, 9.17) is 9.47 Å². The van der Waals surface area contributed by atoms with Gasteiger partial charge in [-0.25, -0.2) is 14.2 Å². The molecule has 0 unspecified atom stereocenters. The van der Waals surface area contributed by atoms with E-state index in [-0.39, 0.29) is 18.2 Å². The van der Waals surface area contributed by atoms with Gasteiger partial charge in [0.05, 0.1) is 11.9 Å². The molecule has 0 aliphatic heterocycles. The SMILES string of the molecule is CC(C)(C)OC(=O)Nc1cnc(OCc2ccccc2)c(F)c1. The molecule has 122 valence electrons. The quantitative estimate of drug-likeness (QED) is 0.920. The summed E-state index contributed by atoms with van der Waals surface area (Å²) in [6.07, 6.45) is 0.643. The van der Waals surface area contributed by atoms with Gasteiger partial charge in [-0.3, -0.25) is 5.32 Å². The second-order valence-corrected chi connectivity index (χ2v) is 5.91. The molecule has 6 heteroatoms. The van der Waals surface area contributed by atoms with E-state index >= 15 is 0 Å². The summed E-state index contributed by atoms with van der Waals surface area (Å²) in [4.78, 5) is 15.5. The summed E-state index contributed by atoms with van der Waals surface area (Å²) in [5.41, 5.74) is 0.475. The number of anilines is 1. The Morgan fingerprint density at radius 3 is 2.57 bits per heavy atom. The first kappa shape index (κ1) is 16.7. The van der Waals surface area contributed by atoms with E-state index in [1.807, 2.05) is 30.3 Å². The lowest BCUT2D eigenvalue weighted by Gasteiger charge is -2.19. The third-order valence-corrected chi connectivity index (χ3v) is 2.67. The molecule has 1 heterocycles. The van der Waals surface area contributed by atoms with Gasteiger partial charge in [0.1, 0.15) is 12.2 Å². The molecule has 0 saturated heterocycles. The van der Waals surface area contributed by atoms with Crippen LogP contribution < -0.4 is 10.1 Å². The Kier molecular flexibility index (Phi) is 5.16. The van der Waals surface area contributed by atoms with Crippen molar-refractivity contribution in [3.8, 4) is 5.88 Å². The van der Waals surface area contributed by atoms with Crippen LogP contribution in [0, 0.1) is 5.82 Å². The molecule has 0 aliphatic carbocycles. The first-order valence-electron chi connectivity index (χ1n) is 7.16. The molecule has 5 nitrogen and oxygen atoms in total. The largest absolute Gasteiger partial charge is 0.471 e. The van der Waals surface area contributed by atoms with E-state index < -0.39 is 17.5 Å². The van der Waals surface area contributed by atoms with Crippen LogP contribution in [-0.2, 0) is 11.3 Å². The summed E-state index contributed by atoms with van der Waals surface area (Å²) in [5.74, 6) is -0.780. The molecular formula is C17H19FN2O3. The molecule has 1 aromatic carbocycles. The average molecular weight is 318 g/mol. The number of hydrogen-bond acceptors (Lipinski definition) is 4. The van der Waals surface area contributed by atoms with Crippen LogP contribution in [-0.4, -0.2) is 16.7 Å². The number of aromatic nitrogens is 1. The summed E-state index contributed by atoms with van der Waals surface area (Å²) in [6.45, 7) is 5.44. The number of pyridine rings is 1. The molecule has 0 saturated carbocycles. The van der Waals surface area contributed by atoms with Crippen molar-refractivity contribution >= 4 is 11.8 Å². The molecule has 1 amide bonds. The van der Waals surface area contributed by atoms with Crippen LogP contribution in [0.5, 0.6) is 5.88 Å². The maximum absolute atomic E-state index is 14.0. The maximum Gasteiger partial charge on any atom is 0.412 e. The van der Waals surface area contributed by atoms with Crippen molar-refractivity contribution in [1.82, 2.24) is 4.98 Å². The van der Waals surface area contributed by atoms with Crippen molar-refractivity contribution in [2.24, 2.45) is 0 Å². The van der Waals surface area contributed by atoms with E-state index in [2.05, 4.69) is 10.3 Å². The average Bonchev–Trinajstić information content (AvgIpc) is 2.45. The van der Waals surface area contributed by atoms with Crippen LogP contribution in [0.2, 0.25) is 0 Å². The molecule has 1 N–H and O–H groups in total. The maximum atomic E-state index is 14.0. The number of ether oxygens (including phenoxy) is 2. The number of hydrogen-bond donors (Lipinski definition) is 1. The van der Waals surface area contributed by atoms with Crippen LogP contribution in [0.1, 0.15) is 26.3 Å². The predicted molar refractivity (Wildman–Crippen MR) is 84.8 cm³/mol. The van der Waals surface area contributed by atoms with Crippen LogP contribution in [0.3, 0.4) is 0 Å². The van der Waals surface area contributed by atoms with Gasteiger partial charge >= 0.3 is 6.09 Å². The van der Waals surface area contributed by atoms with Gasteiger partial charge in [-0.1, -0.05) is 30.3 Å². The Labute approximate surface area is 134 Å². The van der Waals surface area contributed by atoms with E-state index in [0.29, 0.717) is 0 Å². The van der Waals surface area contributed by atoms with Crippen LogP contribution in [0.15, 0.2) is 42.6 Å². The lowest BCUT2D eigenvalue weighted by atomic mass is 10.2. The minimum absolute atomic E-state index is 0.122. The van der Waals surface area contributed by atoms with Crippen LogP contribution in [0.25, 0.3) is 0 Å². The summed E-state index contributed by atoms with van der Waals surface area (Å²) >= 11 is 0. The number of amides is 1. The van der Waals surface area contributed by atoms with Gasteiger partial charge in [-0.05, 0) is 26.3 Å². The Balaban J connectivity index is 1.96. The number of halogens is 1. The molecule has 0 atom stereocenters. The molecule has 1 aromatic heterocycles. The smallest absolute Gasteiger partial charge is 0.412 e. The first-order valence-corrected chi connectivity index (χ1v) is 7.16. The minimum Gasteiger partial charge on any atom is -0.471 e. The number of nitrogens with zero attached hydrogens (tertiary/aromatic N) is 1. The van der Waals surface area contributed by atoms with E-state index in [9.17, 15) is 9.18 Å². The van der Waals surface area contributed by atoms with Crippen LogP contribution in [0.4, 0.5) is 14.9 Å². The van der Waals surface area contributed by atoms with Gasteiger partial charge in [0.2, 0.25) is 0 Å². The Hall–Kier alpha value is -2.63. The fourth-order valence-electron chi connectivity index (χ4n) is 1.75. The highest BCUT2D eigenvalue weighted by atomic mass is 19.1. The second kappa shape index (κ2) is 7.09.